The average molecular weight is 287 g/mol. The monoisotopic (exact) mass is 286 g/mol. The van der Waals surface area contributed by atoms with E-state index in [2.05, 4.69) is 5.32 Å². The lowest BCUT2D eigenvalue weighted by molar-refractivity contribution is -0.116. The van der Waals surface area contributed by atoms with E-state index >= 15 is 0 Å². The first-order chi connectivity index (χ1) is 8.18. The molecule has 0 aliphatic carbocycles. The van der Waals surface area contributed by atoms with Gasteiger partial charge in [0.15, 0.2) is 0 Å². The molecule has 0 saturated carbocycles. The van der Waals surface area contributed by atoms with Crippen LogP contribution in [-0.4, -0.2) is 25.5 Å². The Morgan fingerprint density at radius 3 is 3.00 bits per heavy atom. The number of benzene rings is 1. The number of hydrogen-bond donors (Lipinski definition) is 1. The van der Waals surface area contributed by atoms with Gasteiger partial charge in [0.1, 0.15) is 0 Å². The smallest absolute Gasteiger partial charge is 0.223 e. The number of amides is 1. The van der Waals surface area contributed by atoms with Crippen LogP contribution in [0, 0.1) is 0 Å². The van der Waals surface area contributed by atoms with E-state index in [4.69, 9.17) is 11.6 Å². The van der Waals surface area contributed by atoms with Crippen LogP contribution >= 0.6 is 24.0 Å². The molecule has 1 aromatic carbocycles. The molecule has 2 aliphatic heterocycles. The maximum Gasteiger partial charge on any atom is 0.223 e. The summed E-state index contributed by atoms with van der Waals surface area (Å²) in [7, 11) is 0. The third-order valence-corrected chi connectivity index (χ3v) is 4.06. The Hall–Kier alpha value is -0.770. The van der Waals surface area contributed by atoms with Crippen LogP contribution in [0.15, 0.2) is 12.1 Å². The average Bonchev–Trinajstić information content (AvgIpc) is 2.52. The standard InChI is InChI=1S/C13H15ClN2O.ClH/c1-8(17)16-7-9-6-15-5-4-10-11(14)2-3-12(16)13(9)10;/h2-3,9,15H,4-7H2,1H3;1H. The molecule has 0 spiro atoms. The van der Waals surface area contributed by atoms with Crippen LogP contribution in [0.3, 0.4) is 0 Å². The zero-order valence-electron chi connectivity index (χ0n) is 10.2. The minimum absolute atomic E-state index is 0. The third kappa shape index (κ3) is 2.00. The molecule has 18 heavy (non-hydrogen) atoms. The number of anilines is 1. The predicted molar refractivity (Wildman–Crippen MR) is 76.0 cm³/mol. The summed E-state index contributed by atoms with van der Waals surface area (Å²) in [6, 6.07) is 3.90. The molecule has 0 saturated heterocycles. The molecule has 98 valence electrons. The first-order valence-electron chi connectivity index (χ1n) is 5.98. The predicted octanol–water partition coefficient (Wildman–Crippen LogP) is 2.36. The lowest BCUT2D eigenvalue weighted by Gasteiger charge is -2.16. The number of nitrogens with one attached hydrogen (secondary N) is 1. The largest absolute Gasteiger partial charge is 0.316 e. The summed E-state index contributed by atoms with van der Waals surface area (Å²) >= 11 is 6.28. The Kier molecular flexibility index (Phi) is 3.85. The fourth-order valence-corrected chi connectivity index (χ4v) is 3.19. The SMILES string of the molecule is CC(=O)N1CC2CNCCc3c(Cl)ccc1c32.Cl. The molecule has 3 nitrogen and oxygen atoms in total. The first kappa shape index (κ1) is 13.7. The van der Waals surface area contributed by atoms with Gasteiger partial charge in [0.05, 0.1) is 0 Å². The van der Waals surface area contributed by atoms with Crippen LogP contribution < -0.4 is 10.2 Å². The summed E-state index contributed by atoms with van der Waals surface area (Å²) in [5.74, 6) is 0.507. The van der Waals surface area contributed by atoms with Gasteiger partial charge in [-0.3, -0.25) is 4.79 Å². The van der Waals surface area contributed by atoms with Crippen LogP contribution in [0.25, 0.3) is 0 Å². The zero-order valence-corrected chi connectivity index (χ0v) is 11.8. The number of halogens is 2. The van der Waals surface area contributed by atoms with Crippen molar-refractivity contribution in [2.24, 2.45) is 0 Å². The van der Waals surface area contributed by atoms with Crippen molar-refractivity contribution >= 4 is 35.6 Å². The van der Waals surface area contributed by atoms with E-state index < -0.39 is 0 Å². The second-order valence-corrected chi connectivity index (χ2v) is 5.15. The molecule has 5 heteroatoms. The van der Waals surface area contributed by atoms with Gasteiger partial charge in [-0.1, -0.05) is 11.6 Å². The Balaban J connectivity index is 0.00000120. The van der Waals surface area contributed by atoms with Gasteiger partial charge in [-0.2, -0.15) is 0 Å². The van der Waals surface area contributed by atoms with Gasteiger partial charge >= 0.3 is 0 Å². The molecule has 2 aliphatic rings. The Labute approximate surface area is 118 Å². The number of nitrogens with zero attached hydrogens (tertiary/aromatic N) is 1. The molecule has 1 aromatic rings. The third-order valence-electron chi connectivity index (χ3n) is 3.70. The highest BCUT2D eigenvalue weighted by molar-refractivity contribution is 6.31. The van der Waals surface area contributed by atoms with E-state index in [-0.39, 0.29) is 18.3 Å². The van der Waals surface area contributed by atoms with Crippen molar-refractivity contribution in [1.82, 2.24) is 5.32 Å². The molecular formula is C13H16Cl2N2O. The summed E-state index contributed by atoms with van der Waals surface area (Å²) < 4.78 is 0. The molecule has 1 amide bonds. The van der Waals surface area contributed by atoms with Gasteiger partial charge in [-0.15, -0.1) is 12.4 Å². The highest BCUT2D eigenvalue weighted by Gasteiger charge is 2.34. The van der Waals surface area contributed by atoms with E-state index in [1.54, 1.807) is 6.92 Å². The van der Waals surface area contributed by atoms with E-state index in [0.717, 1.165) is 36.8 Å². The lowest BCUT2D eigenvalue weighted by atomic mass is 9.95. The van der Waals surface area contributed by atoms with Gasteiger partial charge in [0.2, 0.25) is 5.91 Å². The second-order valence-electron chi connectivity index (χ2n) is 4.74. The topological polar surface area (TPSA) is 32.3 Å². The molecular weight excluding hydrogens is 271 g/mol. The molecule has 1 unspecified atom stereocenters. The minimum atomic E-state index is 0. The van der Waals surface area contributed by atoms with E-state index in [9.17, 15) is 4.79 Å². The molecule has 2 heterocycles. The molecule has 0 bridgehead atoms. The van der Waals surface area contributed by atoms with Crippen LogP contribution in [0.1, 0.15) is 24.0 Å². The van der Waals surface area contributed by atoms with Crippen LogP contribution in [-0.2, 0) is 11.2 Å². The maximum atomic E-state index is 11.6. The highest BCUT2D eigenvalue weighted by atomic mass is 35.5. The highest BCUT2D eigenvalue weighted by Crippen LogP contribution is 2.42. The van der Waals surface area contributed by atoms with Crippen molar-refractivity contribution < 1.29 is 4.79 Å². The first-order valence-corrected chi connectivity index (χ1v) is 6.36. The molecule has 0 radical (unpaired) electrons. The van der Waals surface area contributed by atoms with Crippen LogP contribution in [0.5, 0.6) is 0 Å². The van der Waals surface area contributed by atoms with E-state index in [0.29, 0.717) is 5.92 Å². The number of rotatable bonds is 0. The molecule has 3 rings (SSSR count). The number of carbonyl (C=O) groups excluding carboxylic acids is 1. The van der Waals surface area contributed by atoms with Crippen molar-refractivity contribution in [1.29, 1.82) is 0 Å². The maximum absolute atomic E-state index is 11.6. The Morgan fingerprint density at radius 1 is 1.50 bits per heavy atom. The lowest BCUT2D eigenvalue weighted by Crippen LogP contribution is -2.30. The van der Waals surface area contributed by atoms with Crippen LogP contribution in [0.4, 0.5) is 5.69 Å². The summed E-state index contributed by atoms with van der Waals surface area (Å²) in [4.78, 5) is 13.5. The quantitative estimate of drug-likeness (QED) is 0.794. The van der Waals surface area contributed by atoms with Crippen molar-refractivity contribution in [3.63, 3.8) is 0 Å². The van der Waals surface area contributed by atoms with Gasteiger partial charge in [-0.05, 0) is 36.2 Å². The van der Waals surface area contributed by atoms with Gasteiger partial charge in [0, 0.05) is 36.6 Å². The summed E-state index contributed by atoms with van der Waals surface area (Å²) in [6.45, 7) is 4.31. The second kappa shape index (κ2) is 5.08. The van der Waals surface area contributed by atoms with E-state index in [1.165, 1.54) is 11.1 Å². The van der Waals surface area contributed by atoms with Crippen molar-refractivity contribution in [2.45, 2.75) is 19.3 Å². The Morgan fingerprint density at radius 2 is 2.28 bits per heavy atom. The normalized spacial score (nSPS) is 21.0. The van der Waals surface area contributed by atoms with Crippen molar-refractivity contribution in [2.75, 3.05) is 24.5 Å². The van der Waals surface area contributed by atoms with Gasteiger partial charge < -0.3 is 10.2 Å². The van der Waals surface area contributed by atoms with Crippen LogP contribution in [0.2, 0.25) is 5.02 Å². The summed E-state index contributed by atoms with van der Waals surface area (Å²) in [5.41, 5.74) is 3.58. The number of hydrogen-bond acceptors (Lipinski definition) is 2. The molecule has 1 N–H and O–H groups in total. The van der Waals surface area contributed by atoms with Crippen molar-refractivity contribution in [3.05, 3.63) is 28.3 Å². The zero-order chi connectivity index (χ0) is 12.0. The van der Waals surface area contributed by atoms with Gasteiger partial charge in [0.25, 0.3) is 0 Å². The van der Waals surface area contributed by atoms with Crippen molar-refractivity contribution in [3.8, 4) is 0 Å². The van der Waals surface area contributed by atoms with Gasteiger partial charge in [-0.25, -0.2) is 0 Å². The fraction of sp³-hybridized carbons (Fsp3) is 0.462. The summed E-state index contributed by atoms with van der Waals surface area (Å²) in [5, 5.41) is 4.25. The minimum Gasteiger partial charge on any atom is -0.316 e. The fourth-order valence-electron chi connectivity index (χ4n) is 2.94. The Bertz CT molecular complexity index is 490. The summed E-state index contributed by atoms with van der Waals surface area (Å²) in [6.07, 6.45) is 0.949. The number of carbonyl (C=O) groups is 1. The van der Waals surface area contributed by atoms with E-state index in [1.807, 2.05) is 17.0 Å². The molecule has 1 atom stereocenters. The molecule has 0 aromatic heterocycles. The molecule has 0 fully saturated rings.